The van der Waals surface area contributed by atoms with Crippen molar-refractivity contribution >= 4 is 52.0 Å². The predicted octanol–water partition coefficient (Wildman–Crippen LogP) is 5.25. The molecule has 1 N–H and O–H groups in total. The summed E-state index contributed by atoms with van der Waals surface area (Å²) >= 11 is 7.16. The van der Waals surface area contributed by atoms with Gasteiger partial charge in [-0.15, -0.1) is 0 Å². The Morgan fingerprint density at radius 1 is 0.824 bits per heavy atom. The summed E-state index contributed by atoms with van der Waals surface area (Å²) in [6, 6.07) is 7.37. The zero-order chi connectivity index (χ0) is 11.7. The Bertz CT molecular complexity index is 518. The molecule has 1 nitrogen and oxygen atoms in total. The third-order valence-electron chi connectivity index (χ3n) is 2.20. The van der Waals surface area contributed by atoms with Crippen LogP contribution in [0.15, 0.2) is 49.0 Å². The topological polar surface area (TPSA) is 20.2 Å². The number of thioether (sulfide) groups is 4. The van der Waals surface area contributed by atoms with E-state index in [1.807, 2.05) is 23.9 Å². The van der Waals surface area contributed by atoms with E-state index in [1.165, 1.54) is 13.4 Å². The molecule has 1 aromatic carbocycles. The second-order valence-corrected chi connectivity index (χ2v) is 7.61. The van der Waals surface area contributed by atoms with Crippen LogP contribution in [0.3, 0.4) is 0 Å². The number of benzene rings is 1. The maximum atomic E-state index is 9.27. The molecule has 0 saturated heterocycles. The Morgan fingerprint density at radius 3 is 2.24 bits per heavy atom. The molecule has 2 aliphatic rings. The van der Waals surface area contributed by atoms with Crippen LogP contribution < -0.4 is 0 Å². The first kappa shape index (κ1) is 11.7. The van der Waals surface area contributed by atoms with Gasteiger partial charge in [0, 0.05) is 4.91 Å². The Hall–Kier alpha value is -0.360. The van der Waals surface area contributed by atoms with E-state index in [1.54, 1.807) is 47.4 Å². The fourth-order valence-electron chi connectivity index (χ4n) is 1.40. The van der Waals surface area contributed by atoms with Gasteiger partial charge in [-0.2, -0.15) is 0 Å². The first-order chi connectivity index (χ1) is 8.33. The second kappa shape index (κ2) is 5.10. The molecule has 0 radical (unpaired) electrons. The van der Waals surface area contributed by atoms with Crippen LogP contribution in [0.2, 0.25) is 0 Å². The lowest BCUT2D eigenvalue weighted by Gasteiger charge is -2.03. The number of hydrogen-bond acceptors (Lipinski definition) is 5. The summed E-state index contributed by atoms with van der Waals surface area (Å²) in [5, 5.41) is 15.7. The molecule has 1 aromatic rings. The van der Waals surface area contributed by atoms with Crippen LogP contribution >= 0.6 is 47.0 Å². The molecule has 5 heteroatoms. The van der Waals surface area contributed by atoms with Gasteiger partial charge in [0.25, 0.3) is 0 Å². The minimum atomic E-state index is 0.315. The van der Waals surface area contributed by atoms with Gasteiger partial charge in [0.1, 0.15) is 5.75 Å². The van der Waals surface area contributed by atoms with Crippen LogP contribution in [-0.2, 0) is 0 Å². The van der Waals surface area contributed by atoms with E-state index in [0.717, 1.165) is 5.56 Å². The third-order valence-corrected chi connectivity index (χ3v) is 7.27. The zero-order valence-corrected chi connectivity index (χ0v) is 11.9. The summed E-state index contributed by atoms with van der Waals surface area (Å²) in [4.78, 5) is 1.26. The maximum absolute atomic E-state index is 9.27. The molecule has 0 aromatic heterocycles. The highest BCUT2D eigenvalue weighted by Gasteiger charge is 2.19. The number of phenolic OH excluding ortho intramolecular Hbond substituents is 1. The quantitative estimate of drug-likeness (QED) is 0.761. The average molecular weight is 296 g/mol. The van der Waals surface area contributed by atoms with E-state index >= 15 is 0 Å². The molecule has 0 bridgehead atoms. The lowest BCUT2D eigenvalue weighted by Crippen LogP contribution is -1.75. The number of rotatable bonds is 1. The SMILES string of the molecule is Oc1ccc(C2=CSC(=C3SC=CS3)S2)cc1. The molecule has 2 heterocycles. The molecule has 0 saturated carbocycles. The molecule has 2 aliphatic heterocycles. The van der Waals surface area contributed by atoms with Gasteiger partial charge in [-0.05, 0) is 33.9 Å². The van der Waals surface area contributed by atoms with Crippen LogP contribution in [0.4, 0.5) is 0 Å². The van der Waals surface area contributed by atoms with Crippen LogP contribution in [0, 0.1) is 0 Å². The summed E-state index contributed by atoms with van der Waals surface area (Å²) in [5.41, 5.74) is 1.16. The van der Waals surface area contributed by atoms with E-state index in [9.17, 15) is 5.11 Å². The van der Waals surface area contributed by atoms with Gasteiger partial charge in [-0.1, -0.05) is 59.2 Å². The fourth-order valence-corrected chi connectivity index (χ4v) is 5.88. The summed E-state index contributed by atoms with van der Waals surface area (Å²) < 4.78 is 2.72. The van der Waals surface area contributed by atoms with E-state index in [2.05, 4.69) is 16.2 Å². The largest absolute Gasteiger partial charge is 0.508 e. The third kappa shape index (κ3) is 2.57. The zero-order valence-electron chi connectivity index (χ0n) is 8.62. The van der Waals surface area contributed by atoms with Gasteiger partial charge in [0.2, 0.25) is 0 Å². The predicted molar refractivity (Wildman–Crippen MR) is 82.6 cm³/mol. The highest BCUT2D eigenvalue weighted by Crippen LogP contribution is 2.55. The Kier molecular flexibility index (Phi) is 3.51. The van der Waals surface area contributed by atoms with Gasteiger partial charge in [0.15, 0.2) is 0 Å². The van der Waals surface area contributed by atoms with Crippen molar-refractivity contribution in [2.24, 2.45) is 0 Å². The van der Waals surface area contributed by atoms with Crippen molar-refractivity contribution in [2.45, 2.75) is 0 Å². The van der Waals surface area contributed by atoms with Crippen molar-refractivity contribution in [1.82, 2.24) is 0 Å². The van der Waals surface area contributed by atoms with E-state index in [4.69, 9.17) is 0 Å². The highest BCUT2D eigenvalue weighted by atomic mass is 32.2. The van der Waals surface area contributed by atoms with Gasteiger partial charge < -0.3 is 5.11 Å². The van der Waals surface area contributed by atoms with E-state index in [-0.39, 0.29) is 0 Å². The fraction of sp³-hybridized carbons (Fsp3) is 0. The molecule has 0 spiro atoms. The van der Waals surface area contributed by atoms with E-state index in [0.29, 0.717) is 5.75 Å². The minimum absolute atomic E-state index is 0.315. The maximum Gasteiger partial charge on any atom is 0.115 e. The second-order valence-electron chi connectivity index (χ2n) is 3.33. The Balaban J connectivity index is 1.79. The minimum Gasteiger partial charge on any atom is -0.508 e. The first-order valence-corrected chi connectivity index (χ1v) is 8.35. The standard InChI is InChI=1S/C12H8OS4/c13-9-3-1-8(2-4-9)10-7-16-12(17-10)11-14-5-6-15-11/h1-7,13H. The van der Waals surface area contributed by atoms with Crippen LogP contribution in [0.5, 0.6) is 5.75 Å². The van der Waals surface area contributed by atoms with Crippen molar-refractivity contribution in [2.75, 3.05) is 0 Å². The summed E-state index contributed by atoms with van der Waals surface area (Å²) in [5.74, 6) is 0.315. The summed E-state index contributed by atoms with van der Waals surface area (Å²) in [7, 11) is 0. The van der Waals surface area contributed by atoms with Crippen molar-refractivity contribution in [3.63, 3.8) is 0 Å². The molecular formula is C12H8OS4. The van der Waals surface area contributed by atoms with Crippen LogP contribution in [-0.4, -0.2) is 5.11 Å². The Morgan fingerprint density at radius 2 is 1.53 bits per heavy atom. The van der Waals surface area contributed by atoms with Crippen LogP contribution in [0.25, 0.3) is 4.91 Å². The molecule has 0 unspecified atom stereocenters. The molecule has 86 valence electrons. The number of hydrogen-bond donors (Lipinski definition) is 1. The van der Waals surface area contributed by atoms with E-state index < -0.39 is 0 Å². The normalized spacial score (nSPS) is 18.9. The van der Waals surface area contributed by atoms with Gasteiger partial charge >= 0.3 is 0 Å². The van der Waals surface area contributed by atoms with Crippen molar-refractivity contribution in [3.8, 4) is 5.75 Å². The smallest absolute Gasteiger partial charge is 0.115 e. The Labute approximate surface area is 117 Å². The monoisotopic (exact) mass is 296 g/mol. The van der Waals surface area contributed by atoms with Crippen molar-refractivity contribution in [1.29, 1.82) is 0 Å². The highest BCUT2D eigenvalue weighted by molar-refractivity contribution is 8.35. The number of aromatic hydroxyl groups is 1. The van der Waals surface area contributed by atoms with Gasteiger partial charge in [-0.25, -0.2) is 0 Å². The molecule has 0 fully saturated rings. The average Bonchev–Trinajstić information content (AvgIpc) is 3.00. The molecule has 0 amide bonds. The van der Waals surface area contributed by atoms with Crippen molar-refractivity contribution < 1.29 is 5.11 Å². The lowest BCUT2D eigenvalue weighted by atomic mass is 10.2. The molecule has 0 aliphatic carbocycles. The molecule has 0 atom stereocenters. The molecular weight excluding hydrogens is 288 g/mol. The van der Waals surface area contributed by atoms with Crippen LogP contribution in [0.1, 0.15) is 5.56 Å². The lowest BCUT2D eigenvalue weighted by molar-refractivity contribution is 0.475. The summed E-state index contributed by atoms with van der Waals surface area (Å²) in [6.45, 7) is 0. The van der Waals surface area contributed by atoms with Crippen molar-refractivity contribution in [3.05, 3.63) is 54.5 Å². The number of phenols is 1. The van der Waals surface area contributed by atoms with Gasteiger partial charge in [-0.3, -0.25) is 0 Å². The van der Waals surface area contributed by atoms with Gasteiger partial charge in [0.05, 0.1) is 8.47 Å². The summed E-state index contributed by atoms with van der Waals surface area (Å²) in [6.07, 6.45) is 0. The molecule has 17 heavy (non-hydrogen) atoms. The molecule has 3 rings (SSSR count). The first-order valence-electron chi connectivity index (χ1n) is 4.89.